The number of amides is 2. The molecule has 3 aromatic heterocycles. The molecule has 11 heteroatoms. The van der Waals surface area contributed by atoms with E-state index in [0.717, 1.165) is 16.6 Å². The minimum absolute atomic E-state index is 0.0179. The van der Waals surface area contributed by atoms with E-state index in [2.05, 4.69) is 21.5 Å². The summed E-state index contributed by atoms with van der Waals surface area (Å²) in [7, 11) is 1.58. The highest BCUT2D eigenvalue weighted by molar-refractivity contribution is 6.00. The Balaban J connectivity index is 1.42. The summed E-state index contributed by atoms with van der Waals surface area (Å²) >= 11 is 0. The van der Waals surface area contributed by atoms with Crippen LogP contribution in [0.5, 0.6) is 5.75 Å². The lowest BCUT2D eigenvalue weighted by Gasteiger charge is -2.33. The fraction of sp³-hybridized carbons (Fsp3) is 0.292. The van der Waals surface area contributed by atoms with Crippen LogP contribution in [0.3, 0.4) is 0 Å². The summed E-state index contributed by atoms with van der Waals surface area (Å²) in [4.78, 5) is 39.5. The average Bonchev–Trinajstić information content (AvgIpc) is 3.45. The van der Waals surface area contributed by atoms with Crippen LogP contribution >= 0.6 is 0 Å². The lowest BCUT2D eigenvalue weighted by molar-refractivity contribution is -0.138. The largest absolute Gasteiger partial charge is 0.508 e. The first-order chi connectivity index (χ1) is 16.9. The summed E-state index contributed by atoms with van der Waals surface area (Å²) in [6.45, 7) is 4.56. The molecule has 0 saturated carbocycles. The van der Waals surface area contributed by atoms with Gasteiger partial charge in [-0.05, 0) is 43.2 Å². The second-order valence-corrected chi connectivity index (χ2v) is 8.72. The Labute approximate surface area is 200 Å². The third-order valence-corrected chi connectivity index (χ3v) is 6.46. The van der Waals surface area contributed by atoms with Crippen LogP contribution in [-0.4, -0.2) is 78.1 Å². The number of phenolic OH excluding ortho intramolecular Hbond substituents is 1. The molecule has 1 saturated heterocycles. The number of aromatic amines is 1. The second kappa shape index (κ2) is 8.75. The summed E-state index contributed by atoms with van der Waals surface area (Å²) in [5, 5.41) is 16.2. The summed E-state index contributed by atoms with van der Waals surface area (Å²) in [6.07, 6.45) is 3.99. The molecule has 0 radical (unpaired) electrons. The first-order valence-electron chi connectivity index (χ1n) is 11.3. The normalized spacial score (nSPS) is 14.5. The second-order valence-electron chi connectivity index (χ2n) is 8.72. The summed E-state index contributed by atoms with van der Waals surface area (Å²) in [6, 6.07) is 7.04. The van der Waals surface area contributed by atoms with Crippen LogP contribution in [0.25, 0.3) is 33.3 Å². The molecule has 4 heterocycles. The van der Waals surface area contributed by atoms with Gasteiger partial charge in [0.05, 0.1) is 23.7 Å². The molecule has 1 aliphatic rings. The molecule has 2 amide bonds. The number of rotatable bonds is 5. The van der Waals surface area contributed by atoms with Gasteiger partial charge >= 0.3 is 0 Å². The highest BCUT2D eigenvalue weighted by Gasteiger charge is 2.28. The molecule has 0 aliphatic carbocycles. The zero-order chi connectivity index (χ0) is 24.7. The predicted molar refractivity (Wildman–Crippen MR) is 131 cm³/mol. The molecule has 0 atom stereocenters. The van der Waals surface area contributed by atoms with Crippen LogP contribution in [0.4, 0.5) is 5.82 Å². The van der Waals surface area contributed by atoms with Crippen molar-refractivity contribution in [2.24, 2.45) is 0 Å². The van der Waals surface area contributed by atoms with Gasteiger partial charge in [-0.15, -0.1) is 0 Å². The average molecular weight is 475 g/mol. The van der Waals surface area contributed by atoms with Gasteiger partial charge in [0.15, 0.2) is 5.65 Å². The number of nitrogens with one attached hydrogen (secondary N) is 1. The Morgan fingerprint density at radius 2 is 2.06 bits per heavy atom. The summed E-state index contributed by atoms with van der Waals surface area (Å²) in [5.74, 6) is 0.135. The third-order valence-electron chi connectivity index (χ3n) is 6.46. The standard InChI is InChI=1S/C24H26N8O3/c1-3-19(34)30(2)12-20(35)31-8-6-15(7-9-31)32-24-21(23(25)26-13-27-24)22(29-32)18-11-14-10-16(33)4-5-17(14)28-18/h3-5,10-11,13,15,28,33H,1,6-9,12H2,2H3,(H2,25,26,27). The van der Waals surface area contributed by atoms with Gasteiger partial charge in [0.2, 0.25) is 11.8 Å². The fourth-order valence-corrected chi connectivity index (χ4v) is 4.58. The lowest BCUT2D eigenvalue weighted by atomic mass is 10.1. The van der Waals surface area contributed by atoms with E-state index in [1.807, 2.05) is 10.7 Å². The molecule has 35 heavy (non-hydrogen) atoms. The molecule has 4 N–H and O–H groups in total. The van der Waals surface area contributed by atoms with E-state index < -0.39 is 0 Å². The molecule has 4 aromatic rings. The topological polar surface area (TPSA) is 146 Å². The summed E-state index contributed by atoms with van der Waals surface area (Å²) < 4.78 is 1.88. The predicted octanol–water partition coefficient (Wildman–Crippen LogP) is 2.07. The maximum atomic E-state index is 12.6. The van der Waals surface area contributed by atoms with Gasteiger partial charge in [-0.1, -0.05) is 6.58 Å². The molecule has 180 valence electrons. The number of benzene rings is 1. The van der Waals surface area contributed by atoms with Gasteiger partial charge in [0.1, 0.15) is 23.6 Å². The number of anilines is 1. The van der Waals surface area contributed by atoms with E-state index in [0.29, 0.717) is 48.5 Å². The van der Waals surface area contributed by atoms with Gasteiger partial charge < -0.3 is 25.6 Å². The smallest absolute Gasteiger partial charge is 0.246 e. The Bertz CT molecular complexity index is 1450. The molecule has 11 nitrogen and oxygen atoms in total. The number of nitrogen functional groups attached to an aromatic ring is 1. The monoisotopic (exact) mass is 474 g/mol. The lowest BCUT2D eigenvalue weighted by Crippen LogP contribution is -2.44. The SMILES string of the molecule is C=CC(=O)N(C)CC(=O)N1CCC(n2nc(-c3cc4cc(O)ccc4[nH]3)c3c(N)ncnc32)CC1. The number of aromatic nitrogens is 5. The van der Waals surface area contributed by atoms with Crippen molar-refractivity contribution in [2.45, 2.75) is 18.9 Å². The van der Waals surface area contributed by atoms with Crippen molar-refractivity contribution in [2.75, 3.05) is 32.4 Å². The number of nitrogens with zero attached hydrogens (tertiary/aromatic N) is 6. The highest BCUT2D eigenvalue weighted by Crippen LogP contribution is 2.35. The zero-order valence-electron chi connectivity index (χ0n) is 19.3. The quantitative estimate of drug-likeness (QED) is 0.375. The Hall–Kier alpha value is -4.41. The maximum Gasteiger partial charge on any atom is 0.246 e. The Morgan fingerprint density at radius 1 is 1.29 bits per heavy atom. The van der Waals surface area contributed by atoms with Crippen LogP contribution in [0.2, 0.25) is 0 Å². The Morgan fingerprint density at radius 3 is 2.80 bits per heavy atom. The number of piperidine rings is 1. The van der Waals surface area contributed by atoms with Gasteiger partial charge in [0, 0.05) is 31.0 Å². The number of likely N-dealkylation sites (N-methyl/N-ethyl adjacent to an activating group) is 1. The van der Waals surface area contributed by atoms with Crippen molar-refractivity contribution in [3.05, 3.63) is 43.2 Å². The maximum absolute atomic E-state index is 12.6. The van der Waals surface area contributed by atoms with Crippen LogP contribution in [0.15, 0.2) is 43.2 Å². The van der Waals surface area contributed by atoms with E-state index in [1.165, 1.54) is 17.3 Å². The fourth-order valence-electron chi connectivity index (χ4n) is 4.58. The number of phenols is 1. The molecular formula is C24H26N8O3. The van der Waals surface area contributed by atoms with Crippen molar-refractivity contribution in [1.29, 1.82) is 0 Å². The van der Waals surface area contributed by atoms with Crippen molar-refractivity contribution in [3.63, 3.8) is 0 Å². The number of hydrogen-bond acceptors (Lipinski definition) is 7. The molecule has 1 aromatic carbocycles. The molecule has 1 aliphatic heterocycles. The summed E-state index contributed by atoms with van der Waals surface area (Å²) in [5.41, 5.74) is 9.13. The van der Waals surface area contributed by atoms with Crippen LogP contribution < -0.4 is 5.73 Å². The van der Waals surface area contributed by atoms with E-state index in [4.69, 9.17) is 10.8 Å². The van der Waals surface area contributed by atoms with Gasteiger partial charge in [-0.2, -0.15) is 5.10 Å². The van der Waals surface area contributed by atoms with E-state index in [1.54, 1.807) is 30.1 Å². The van der Waals surface area contributed by atoms with Gasteiger partial charge in [-0.3, -0.25) is 9.59 Å². The number of carbonyl (C=O) groups excluding carboxylic acids is 2. The molecule has 0 bridgehead atoms. The Kier molecular flexibility index (Phi) is 5.59. The van der Waals surface area contributed by atoms with E-state index in [9.17, 15) is 14.7 Å². The van der Waals surface area contributed by atoms with Crippen LogP contribution in [0.1, 0.15) is 18.9 Å². The zero-order valence-corrected chi connectivity index (χ0v) is 19.3. The number of carbonyl (C=O) groups is 2. The molecular weight excluding hydrogens is 448 g/mol. The minimum atomic E-state index is -0.284. The molecule has 1 fully saturated rings. The van der Waals surface area contributed by atoms with Crippen molar-refractivity contribution in [3.8, 4) is 17.1 Å². The number of hydrogen-bond donors (Lipinski definition) is 3. The van der Waals surface area contributed by atoms with Crippen molar-refractivity contribution in [1.82, 2.24) is 34.5 Å². The highest BCUT2D eigenvalue weighted by atomic mass is 16.3. The van der Waals surface area contributed by atoms with Crippen molar-refractivity contribution < 1.29 is 14.7 Å². The molecule has 0 unspecified atom stereocenters. The van der Waals surface area contributed by atoms with E-state index in [-0.39, 0.29) is 30.2 Å². The van der Waals surface area contributed by atoms with Crippen LogP contribution in [-0.2, 0) is 9.59 Å². The first-order valence-corrected chi connectivity index (χ1v) is 11.3. The number of nitrogens with two attached hydrogens (primary N) is 1. The van der Waals surface area contributed by atoms with Crippen molar-refractivity contribution >= 4 is 39.6 Å². The molecule has 5 rings (SSSR count). The number of H-pyrrole nitrogens is 1. The van der Waals surface area contributed by atoms with E-state index >= 15 is 0 Å². The van der Waals surface area contributed by atoms with Gasteiger partial charge in [0.25, 0.3) is 0 Å². The third kappa shape index (κ3) is 4.05. The number of fused-ring (bicyclic) bond motifs is 2. The number of aromatic hydroxyl groups is 1. The molecule has 0 spiro atoms. The number of likely N-dealkylation sites (tertiary alicyclic amines) is 1. The van der Waals surface area contributed by atoms with Gasteiger partial charge in [-0.25, -0.2) is 14.6 Å². The minimum Gasteiger partial charge on any atom is -0.508 e. The first kappa shape index (κ1) is 22.4. The van der Waals surface area contributed by atoms with Crippen LogP contribution in [0, 0.1) is 0 Å².